The quantitative estimate of drug-likeness (QED) is 0.821. The smallest absolute Gasteiger partial charge is 0.367 e. The van der Waals surface area contributed by atoms with E-state index in [1.807, 2.05) is 23.1 Å². The van der Waals surface area contributed by atoms with Crippen LogP contribution in [0.15, 0.2) is 40.3 Å². The van der Waals surface area contributed by atoms with Gasteiger partial charge >= 0.3 is 6.03 Å². The van der Waals surface area contributed by atoms with Gasteiger partial charge in [0.1, 0.15) is 0 Å². The number of fused-ring (bicyclic) bond motifs is 1. The zero-order valence-corrected chi connectivity index (χ0v) is 15.5. The van der Waals surface area contributed by atoms with E-state index in [1.165, 1.54) is 17.4 Å². The molecule has 1 aromatic carbocycles. The van der Waals surface area contributed by atoms with Crippen LogP contribution in [-0.2, 0) is 4.79 Å². The summed E-state index contributed by atoms with van der Waals surface area (Å²) in [4.78, 5) is 36.5. The minimum absolute atomic E-state index is 0.125. The second-order valence-corrected chi connectivity index (χ2v) is 7.77. The van der Waals surface area contributed by atoms with Crippen LogP contribution < -0.4 is 4.90 Å². The van der Waals surface area contributed by atoms with Crippen molar-refractivity contribution in [3.05, 3.63) is 30.3 Å². The van der Waals surface area contributed by atoms with E-state index in [1.54, 1.807) is 0 Å². The number of urea groups is 1. The van der Waals surface area contributed by atoms with Crippen molar-refractivity contribution in [1.29, 1.82) is 0 Å². The van der Waals surface area contributed by atoms with E-state index in [0.717, 1.165) is 56.2 Å². The Balaban J connectivity index is 1.29. The summed E-state index contributed by atoms with van der Waals surface area (Å²) in [6, 6.07) is 9.88. The molecule has 26 heavy (non-hydrogen) atoms. The number of carbonyl (C=O) groups excluding carboxylic acids is 2. The molecule has 3 aliphatic rings. The molecule has 0 radical (unpaired) electrons. The number of thioether (sulfide) groups is 1. The zero-order chi connectivity index (χ0) is 17.9. The molecule has 0 spiro atoms. The third-order valence-corrected chi connectivity index (χ3v) is 6.23. The van der Waals surface area contributed by atoms with Gasteiger partial charge in [-0.25, -0.2) is 9.79 Å². The van der Waals surface area contributed by atoms with Crippen molar-refractivity contribution in [2.45, 2.75) is 19.3 Å². The molecule has 136 valence electrons. The molecule has 1 saturated carbocycles. The van der Waals surface area contributed by atoms with Gasteiger partial charge < -0.3 is 9.80 Å². The molecule has 0 aromatic heterocycles. The van der Waals surface area contributed by atoms with Crippen LogP contribution in [0.1, 0.15) is 19.3 Å². The summed E-state index contributed by atoms with van der Waals surface area (Å²) in [6.07, 6.45) is 2.92. The largest absolute Gasteiger partial charge is 0.368 e. The Kier molecular flexibility index (Phi) is 5.06. The van der Waals surface area contributed by atoms with Crippen molar-refractivity contribution in [3.63, 3.8) is 0 Å². The Morgan fingerprint density at radius 1 is 1.12 bits per heavy atom. The Labute approximate surface area is 157 Å². The maximum atomic E-state index is 12.6. The lowest BCUT2D eigenvalue weighted by atomic mass is 10.1. The summed E-state index contributed by atoms with van der Waals surface area (Å²) < 4.78 is 0. The van der Waals surface area contributed by atoms with Crippen molar-refractivity contribution >= 4 is 40.1 Å². The zero-order valence-electron chi connectivity index (χ0n) is 14.6. The van der Waals surface area contributed by atoms with Gasteiger partial charge in [-0.3, -0.25) is 4.79 Å². The van der Waals surface area contributed by atoms with Crippen LogP contribution in [0.3, 0.4) is 0 Å². The van der Waals surface area contributed by atoms with Crippen molar-refractivity contribution in [2.75, 3.05) is 36.8 Å². The lowest BCUT2D eigenvalue weighted by molar-refractivity contribution is -0.128. The van der Waals surface area contributed by atoms with Crippen LogP contribution in [0, 0.1) is 5.92 Å². The highest BCUT2D eigenvalue weighted by atomic mass is 32.2. The number of amides is 3. The van der Waals surface area contributed by atoms with Crippen molar-refractivity contribution in [2.24, 2.45) is 15.9 Å². The fourth-order valence-electron chi connectivity index (χ4n) is 3.76. The number of nitrogens with zero attached hydrogens (tertiary/aromatic N) is 4. The van der Waals surface area contributed by atoms with Gasteiger partial charge in [0.15, 0.2) is 0 Å². The molecule has 2 aliphatic heterocycles. The predicted octanol–water partition coefficient (Wildman–Crippen LogP) is 2.84. The minimum Gasteiger partial charge on any atom is -0.368 e. The molecule has 3 amide bonds. The van der Waals surface area contributed by atoms with Gasteiger partial charge in [-0.15, -0.1) is 0 Å². The van der Waals surface area contributed by atoms with Crippen molar-refractivity contribution in [3.8, 4) is 0 Å². The first-order valence-corrected chi connectivity index (χ1v) is 10.1. The van der Waals surface area contributed by atoms with Crippen LogP contribution in [0.2, 0.25) is 0 Å². The minimum atomic E-state index is -0.412. The highest BCUT2D eigenvalue weighted by Crippen LogP contribution is 2.31. The van der Waals surface area contributed by atoms with Gasteiger partial charge in [0, 0.05) is 43.5 Å². The van der Waals surface area contributed by atoms with E-state index in [0.29, 0.717) is 5.75 Å². The number of benzene rings is 1. The van der Waals surface area contributed by atoms with Crippen LogP contribution in [0.5, 0.6) is 0 Å². The highest BCUT2D eigenvalue weighted by molar-refractivity contribution is 8.14. The van der Waals surface area contributed by atoms with Crippen LogP contribution in [0.25, 0.3) is 0 Å². The van der Waals surface area contributed by atoms with Gasteiger partial charge in [0.05, 0.1) is 10.8 Å². The number of carbonyl (C=O) groups is 2. The SMILES string of the molecule is O=C1N=C2CCCC2C(SCC(=O)N2CCN(c3ccccc3)CC2)=N1. The number of piperazine rings is 1. The molecule has 0 N–H and O–H groups in total. The summed E-state index contributed by atoms with van der Waals surface area (Å²) in [7, 11) is 0. The van der Waals surface area contributed by atoms with E-state index in [2.05, 4.69) is 27.0 Å². The summed E-state index contributed by atoms with van der Waals surface area (Å²) >= 11 is 1.42. The molecule has 7 heteroatoms. The molecule has 4 rings (SSSR count). The van der Waals surface area contributed by atoms with E-state index in [-0.39, 0.29) is 11.8 Å². The molecule has 1 aromatic rings. The van der Waals surface area contributed by atoms with Crippen molar-refractivity contribution in [1.82, 2.24) is 4.90 Å². The summed E-state index contributed by atoms with van der Waals surface area (Å²) in [5.74, 6) is 0.640. The number of anilines is 1. The van der Waals surface area contributed by atoms with Crippen molar-refractivity contribution < 1.29 is 9.59 Å². The van der Waals surface area contributed by atoms with Crippen LogP contribution >= 0.6 is 11.8 Å². The lowest BCUT2D eigenvalue weighted by Crippen LogP contribution is -2.49. The molecule has 2 heterocycles. The average molecular weight is 370 g/mol. The number of hydrogen-bond donors (Lipinski definition) is 0. The third-order valence-electron chi connectivity index (χ3n) is 5.17. The molecular formula is C19H22N4O2S. The summed E-state index contributed by atoms with van der Waals surface area (Å²) in [6.45, 7) is 3.16. The van der Waals surface area contributed by atoms with Gasteiger partial charge in [-0.05, 0) is 31.4 Å². The number of rotatable bonds is 3. The van der Waals surface area contributed by atoms with Crippen LogP contribution in [0.4, 0.5) is 10.5 Å². The first kappa shape index (κ1) is 17.3. The van der Waals surface area contributed by atoms with E-state index in [4.69, 9.17) is 0 Å². The molecule has 1 aliphatic carbocycles. The molecular weight excluding hydrogens is 348 g/mol. The normalized spacial score (nSPS) is 22.8. The predicted molar refractivity (Wildman–Crippen MR) is 105 cm³/mol. The fraction of sp³-hybridized carbons (Fsp3) is 0.474. The highest BCUT2D eigenvalue weighted by Gasteiger charge is 2.32. The van der Waals surface area contributed by atoms with Gasteiger partial charge in [-0.1, -0.05) is 30.0 Å². The lowest BCUT2D eigenvalue weighted by Gasteiger charge is -2.36. The summed E-state index contributed by atoms with van der Waals surface area (Å²) in [5.41, 5.74) is 2.16. The van der Waals surface area contributed by atoms with E-state index < -0.39 is 6.03 Å². The standard InChI is InChI=1S/C19H22N4O2S/c24-17(13-26-18-15-7-4-8-16(15)20-19(25)21-18)23-11-9-22(10-12-23)14-5-2-1-3-6-14/h1-3,5-6,15H,4,7-13H2. The molecule has 6 nitrogen and oxygen atoms in total. The van der Waals surface area contributed by atoms with Crippen LogP contribution in [-0.4, -0.2) is 59.5 Å². The van der Waals surface area contributed by atoms with Gasteiger partial charge in [-0.2, -0.15) is 4.99 Å². The molecule has 0 bridgehead atoms. The second kappa shape index (κ2) is 7.61. The number of aliphatic imine (C=N–C) groups is 2. The number of para-hydroxylation sites is 1. The first-order chi connectivity index (χ1) is 12.7. The van der Waals surface area contributed by atoms with Gasteiger partial charge in [0.2, 0.25) is 5.91 Å². The Morgan fingerprint density at radius 2 is 1.88 bits per heavy atom. The topological polar surface area (TPSA) is 65.3 Å². The Bertz CT molecular complexity index is 754. The average Bonchev–Trinajstić information content (AvgIpc) is 3.15. The van der Waals surface area contributed by atoms with Gasteiger partial charge in [0.25, 0.3) is 0 Å². The fourth-order valence-corrected chi connectivity index (χ4v) is 4.81. The van der Waals surface area contributed by atoms with E-state index >= 15 is 0 Å². The Morgan fingerprint density at radius 3 is 2.65 bits per heavy atom. The van der Waals surface area contributed by atoms with E-state index in [9.17, 15) is 9.59 Å². The maximum Gasteiger partial charge on any atom is 0.367 e. The first-order valence-electron chi connectivity index (χ1n) is 9.11. The number of hydrogen-bond acceptors (Lipinski definition) is 4. The molecule has 1 saturated heterocycles. The maximum absolute atomic E-state index is 12.6. The molecule has 1 unspecified atom stereocenters. The molecule has 2 fully saturated rings. The molecule has 1 atom stereocenters. The third kappa shape index (κ3) is 3.67. The Hall–Kier alpha value is -2.15. The monoisotopic (exact) mass is 370 g/mol. The summed E-state index contributed by atoms with van der Waals surface area (Å²) in [5, 5.41) is 0.786. The second-order valence-electron chi connectivity index (χ2n) is 6.77.